The second-order valence-electron chi connectivity index (χ2n) is 6.98. The molecule has 0 amide bonds. The Kier molecular flexibility index (Phi) is 9.51. The molecule has 1 N–H and O–H groups in total. The van der Waals surface area contributed by atoms with E-state index in [9.17, 15) is 13.2 Å². The molecule has 1 unspecified atom stereocenters. The van der Waals surface area contributed by atoms with Crippen molar-refractivity contribution in [2.45, 2.75) is 42.2 Å². The van der Waals surface area contributed by atoms with Crippen molar-refractivity contribution in [3.05, 3.63) is 52.0 Å². The van der Waals surface area contributed by atoms with Crippen molar-refractivity contribution < 1.29 is 23.1 Å². The van der Waals surface area contributed by atoms with Crippen molar-refractivity contribution in [1.29, 1.82) is 0 Å². The predicted octanol–water partition coefficient (Wildman–Crippen LogP) is 5.35. The molecule has 2 aromatic carbocycles. The van der Waals surface area contributed by atoms with Crippen molar-refractivity contribution in [3.8, 4) is 5.75 Å². The van der Waals surface area contributed by atoms with Crippen LogP contribution < -0.4 is 4.74 Å². The molecule has 0 radical (unpaired) electrons. The molecule has 170 valence electrons. The van der Waals surface area contributed by atoms with Gasteiger partial charge in [0, 0.05) is 23.2 Å². The normalized spacial score (nSPS) is 12.7. The van der Waals surface area contributed by atoms with Gasteiger partial charge in [0.15, 0.2) is 6.61 Å². The Morgan fingerprint density at radius 1 is 1.19 bits per heavy atom. The van der Waals surface area contributed by atoms with E-state index < -0.39 is 22.6 Å². The lowest BCUT2D eigenvalue weighted by Crippen LogP contribution is -2.36. The van der Waals surface area contributed by atoms with Crippen LogP contribution in [0.1, 0.15) is 25.8 Å². The van der Waals surface area contributed by atoms with Crippen molar-refractivity contribution in [2.75, 3.05) is 19.7 Å². The number of benzene rings is 2. The number of hydrogen-bond acceptors (Lipinski definition) is 5. The highest BCUT2D eigenvalue weighted by Crippen LogP contribution is 2.31. The Morgan fingerprint density at radius 3 is 2.48 bits per heavy atom. The molecule has 31 heavy (non-hydrogen) atoms. The van der Waals surface area contributed by atoms with Crippen LogP contribution >= 0.6 is 35.0 Å². The van der Waals surface area contributed by atoms with E-state index in [4.69, 9.17) is 33.0 Å². The van der Waals surface area contributed by atoms with E-state index >= 15 is 0 Å². The first-order chi connectivity index (χ1) is 14.5. The first-order valence-electron chi connectivity index (χ1n) is 9.61. The van der Waals surface area contributed by atoms with Crippen molar-refractivity contribution >= 4 is 51.0 Å². The number of carbonyl (C=O) groups is 1. The fourth-order valence-corrected chi connectivity index (χ4v) is 6.11. The molecular weight excluding hydrogens is 481 g/mol. The fourth-order valence-electron chi connectivity index (χ4n) is 2.90. The smallest absolute Gasteiger partial charge is 0.341 e. The SMILES string of the molecule is CCCN(CC(C)Sc1ccc(OCC(=O)O)c(C)c1)S(=O)(=O)c1ccc(Cl)c(Cl)c1. The Labute approximate surface area is 197 Å². The minimum atomic E-state index is -3.72. The highest BCUT2D eigenvalue weighted by atomic mass is 35.5. The largest absolute Gasteiger partial charge is 0.482 e. The molecule has 1 atom stereocenters. The zero-order valence-corrected chi connectivity index (χ0v) is 20.6. The molecule has 0 aliphatic heterocycles. The number of aryl methyl sites for hydroxylation is 1. The van der Waals surface area contributed by atoms with Gasteiger partial charge >= 0.3 is 5.97 Å². The van der Waals surface area contributed by atoms with Crippen molar-refractivity contribution in [3.63, 3.8) is 0 Å². The summed E-state index contributed by atoms with van der Waals surface area (Å²) >= 11 is 13.5. The van der Waals surface area contributed by atoms with E-state index in [-0.39, 0.29) is 15.2 Å². The summed E-state index contributed by atoms with van der Waals surface area (Å²) in [5, 5.41) is 9.21. The summed E-state index contributed by atoms with van der Waals surface area (Å²) in [4.78, 5) is 11.7. The minimum Gasteiger partial charge on any atom is -0.482 e. The summed E-state index contributed by atoms with van der Waals surface area (Å²) in [6.45, 7) is 6.02. The molecule has 0 bridgehead atoms. The quantitative estimate of drug-likeness (QED) is 0.414. The van der Waals surface area contributed by atoms with Crippen LogP contribution in [0.3, 0.4) is 0 Å². The van der Waals surface area contributed by atoms with Gasteiger partial charge in [-0.05, 0) is 55.3 Å². The second kappa shape index (κ2) is 11.4. The maximum Gasteiger partial charge on any atom is 0.341 e. The Hall–Kier alpha value is -1.45. The number of sulfonamides is 1. The van der Waals surface area contributed by atoms with Crippen LogP contribution in [0.5, 0.6) is 5.75 Å². The Balaban J connectivity index is 2.13. The van der Waals surface area contributed by atoms with Gasteiger partial charge in [0.05, 0.1) is 14.9 Å². The number of rotatable bonds is 11. The monoisotopic (exact) mass is 505 g/mol. The first kappa shape index (κ1) is 25.8. The third-order valence-electron chi connectivity index (χ3n) is 4.30. The number of ether oxygens (including phenoxy) is 1. The number of aliphatic carboxylic acids is 1. The summed E-state index contributed by atoms with van der Waals surface area (Å²) in [6.07, 6.45) is 0.673. The van der Waals surface area contributed by atoms with Crippen molar-refractivity contribution in [1.82, 2.24) is 4.31 Å². The predicted molar refractivity (Wildman–Crippen MR) is 125 cm³/mol. The van der Waals surface area contributed by atoms with Crippen molar-refractivity contribution in [2.24, 2.45) is 0 Å². The van der Waals surface area contributed by atoms with Gasteiger partial charge in [0.25, 0.3) is 0 Å². The summed E-state index contributed by atoms with van der Waals surface area (Å²) in [5.74, 6) is -0.528. The lowest BCUT2D eigenvalue weighted by Gasteiger charge is -2.25. The summed E-state index contributed by atoms with van der Waals surface area (Å²) in [5.41, 5.74) is 0.812. The van der Waals surface area contributed by atoms with E-state index in [1.54, 1.807) is 6.07 Å². The maximum atomic E-state index is 13.1. The molecule has 0 aliphatic carbocycles. The van der Waals surface area contributed by atoms with Crippen LogP contribution in [0, 0.1) is 6.92 Å². The minimum absolute atomic E-state index is 0.0331. The van der Waals surface area contributed by atoms with Gasteiger partial charge in [-0.1, -0.05) is 37.0 Å². The van der Waals surface area contributed by atoms with Crippen LogP contribution in [0.2, 0.25) is 10.0 Å². The summed E-state index contributed by atoms with van der Waals surface area (Å²) < 4.78 is 33.0. The van der Waals surface area contributed by atoms with Gasteiger partial charge < -0.3 is 9.84 Å². The number of halogens is 2. The van der Waals surface area contributed by atoms with Crippen LogP contribution in [0.25, 0.3) is 0 Å². The molecule has 2 rings (SSSR count). The molecule has 6 nitrogen and oxygen atoms in total. The van der Waals surface area contributed by atoms with Gasteiger partial charge in [-0.2, -0.15) is 4.31 Å². The maximum absolute atomic E-state index is 13.1. The molecule has 0 aromatic heterocycles. The second-order valence-corrected chi connectivity index (χ2v) is 11.2. The first-order valence-corrected chi connectivity index (χ1v) is 12.7. The average molecular weight is 506 g/mol. The summed E-state index contributed by atoms with van der Waals surface area (Å²) in [7, 11) is -3.72. The Morgan fingerprint density at radius 2 is 1.90 bits per heavy atom. The molecule has 2 aromatic rings. The molecular formula is C21H25Cl2NO5S2. The number of hydrogen-bond donors (Lipinski definition) is 1. The zero-order valence-electron chi connectivity index (χ0n) is 17.5. The summed E-state index contributed by atoms with van der Waals surface area (Å²) in [6, 6.07) is 9.78. The fraction of sp³-hybridized carbons (Fsp3) is 0.381. The molecule has 0 fully saturated rings. The topological polar surface area (TPSA) is 83.9 Å². The molecule has 0 aliphatic rings. The highest BCUT2D eigenvalue weighted by Gasteiger charge is 2.26. The van der Waals surface area contributed by atoms with E-state index in [1.807, 2.05) is 32.9 Å². The van der Waals surface area contributed by atoms with Gasteiger partial charge in [0.2, 0.25) is 10.0 Å². The Bertz CT molecular complexity index is 1030. The van der Waals surface area contributed by atoms with Gasteiger partial charge in [-0.25, -0.2) is 13.2 Å². The lowest BCUT2D eigenvalue weighted by molar-refractivity contribution is -0.139. The molecule has 0 saturated carbocycles. The molecule has 0 saturated heterocycles. The van der Waals surface area contributed by atoms with Crippen LogP contribution in [-0.2, 0) is 14.8 Å². The molecule has 0 heterocycles. The lowest BCUT2D eigenvalue weighted by atomic mass is 10.2. The number of carboxylic acids is 1. The third kappa shape index (κ3) is 7.29. The van der Waals surface area contributed by atoms with Gasteiger partial charge in [-0.15, -0.1) is 11.8 Å². The van der Waals surface area contributed by atoms with E-state index in [2.05, 4.69) is 0 Å². The molecule has 10 heteroatoms. The van der Waals surface area contributed by atoms with E-state index in [0.29, 0.717) is 30.3 Å². The van der Waals surface area contributed by atoms with Gasteiger partial charge in [-0.3, -0.25) is 0 Å². The van der Waals surface area contributed by atoms with E-state index in [1.165, 1.54) is 34.3 Å². The number of carboxylic acid groups (broad SMARTS) is 1. The van der Waals surface area contributed by atoms with E-state index in [0.717, 1.165) is 10.5 Å². The third-order valence-corrected chi connectivity index (χ3v) is 7.98. The molecule has 0 spiro atoms. The number of thioether (sulfide) groups is 1. The van der Waals surface area contributed by atoms with Gasteiger partial charge in [0.1, 0.15) is 5.75 Å². The van der Waals surface area contributed by atoms with Crippen LogP contribution in [0.15, 0.2) is 46.2 Å². The highest BCUT2D eigenvalue weighted by molar-refractivity contribution is 8.00. The van der Waals surface area contributed by atoms with Crippen LogP contribution in [0.4, 0.5) is 0 Å². The zero-order chi connectivity index (χ0) is 23.2. The van der Waals surface area contributed by atoms with Crippen LogP contribution in [-0.4, -0.2) is 48.7 Å². The standard InChI is InChI=1S/C21H25Cl2NO5S2/c1-4-9-24(31(27,28)17-6-7-18(22)19(23)11-17)12-15(3)30-16-5-8-20(14(2)10-16)29-13-21(25)26/h5-8,10-11,15H,4,9,12-13H2,1-3H3,(H,25,26). The average Bonchev–Trinajstić information content (AvgIpc) is 2.68. The number of nitrogens with zero attached hydrogens (tertiary/aromatic N) is 1.